The molecule has 2 aromatic rings. The minimum Gasteiger partial charge on any atom is -0.207 e. The number of benzene rings is 2. The van der Waals surface area contributed by atoms with Gasteiger partial charge in [0.05, 0.1) is 11.0 Å². The zero-order valence-corrected chi connectivity index (χ0v) is 16.9. The van der Waals surface area contributed by atoms with Crippen LogP contribution in [0.3, 0.4) is 0 Å². The molecule has 0 bridgehead atoms. The van der Waals surface area contributed by atoms with E-state index < -0.39 is 10.0 Å². The van der Waals surface area contributed by atoms with E-state index in [1.165, 1.54) is 4.31 Å². The number of hydrogen-bond donors (Lipinski definition) is 0. The third-order valence-corrected chi connectivity index (χ3v) is 7.32. The lowest BCUT2D eigenvalue weighted by Gasteiger charge is -2.26. The summed E-state index contributed by atoms with van der Waals surface area (Å²) in [5, 5.41) is 8.98. The predicted molar refractivity (Wildman–Crippen MR) is 104 cm³/mol. The molecule has 0 N–H and O–H groups in total. The standard InChI is InChI=1S/C21H26N2O2S/c1-15-16(2)18(4)21(19(5)17(15)3)26(24,25)23(13-9-12-22)14-20-10-7-6-8-11-20/h6-8,10-11H,9,13-14H2,1-5H3. The third kappa shape index (κ3) is 3.82. The molecule has 0 aromatic heterocycles. The molecule has 0 fully saturated rings. The maximum Gasteiger partial charge on any atom is 0.243 e. The normalized spacial score (nSPS) is 11.6. The maximum absolute atomic E-state index is 13.5. The van der Waals surface area contributed by atoms with Crippen LogP contribution in [0.15, 0.2) is 35.2 Å². The van der Waals surface area contributed by atoms with Gasteiger partial charge in [-0.3, -0.25) is 0 Å². The largest absolute Gasteiger partial charge is 0.243 e. The van der Waals surface area contributed by atoms with Crippen LogP contribution < -0.4 is 0 Å². The highest BCUT2D eigenvalue weighted by Crippen LogP contribution is 2.32. The smallest absolute Gasteiger partial charge is 0.207 e. The zero-order valence-electron chi connectivity index (χ0n) is 16.1. The van der Waals surface area contributed by atoms with Crippen molar-refractivity contribution in [3.63, 3.8) is 0 Å². The number of rotatable bonds is 6. The fourth-order valence-corrected chi connectivity index (χ4v) is 5.22. The summed E-state index contributed by atoms with van der Waals surface area (Å²) in [5.41, 5.74) is 5.63. The molecule has 0 aliphatic carbocycles. The molecule has 0 amide bonds. The van der Waals surface area contributed by atoms with Crippen molar-refractivity contribution in [2.24, 2.45) is 0 Å². The van der Waals surface area contributed by atoms with Crippen molar-refractivity contribution in [1.29, 1.82) is 5.26 Å². The Labute approximate surface area is 157 Å². The second-order valence-electron chi connectivity index (χ2n) is 6.69. The van der Waals surface area contributed by atoms with Crippen molar-refractivity contribution in [1.82, 2.24) is 4.31 Å². The van der Waals surface area contributed by atoms with Gasteiger partial charge >= 0.3 is 0 Å². The summed E-state index contributed by atoms with van der Waals surface area (Å²) in [4.78, 5) is 0.381. The summed E-state index contributed by atoms with van der Waals surface area (Å²) < 4.78 is 28.5. The van der Waals surface area contributed by atoms with Crippen molar-refractivity contribution in [3.05, 3.63) is 63.7 Å². The highest BCUT2D eigenvalue weighted by molar-refractivity contribution is 7.89. The SMILES string of the molecule is Cc1c(C)c(C)c(S(=O)(=O)N(CCC#N)Cc2ccccc2)c(C)c1C. The van der Waals surface area contributed by atoms with Gasteiger partial charge in [0, 0.05) is 19.5 Å². The lowest BCUT2D eigenvalue weighted by atomic mass is 9.95. The summed E-state index contributed by atoms with van der Waals surface area (Å²) in [6.07, 6.45) is 0.161. The Balaban J connectivity index is 2.59. The first-order valence-electron chi connectivity index (χ1n) is 8.69. The Hall–Kier alpha value is -2.16. The Bertz CT molecular complexity index is 913. The minimum atomic E-state index is -3.71. The molecule has 26 heavy (non-hydrogen) atoms. The van der Waals surface area contributed by atoms with Gasteiger partial charge in [-0.2, -0.15) is 9.57 Å². The number of sulfonamides is 1. The van der Waals surface area contributed by atoms with Crippen LogP contribution >= 0.6 is 0 Å². The van der Waals surface area contributed by atoms with E-state index >= 15 is 0 Å². The second-order valence-corrected chi connectivity index (χ2v) is 8.56. The summed E-state index contributed by atoms with van der Waals surface area (Å²) in [6.45, 7) is 10.1. The van der Waals surface area contributed by atoms with Gasteiger partial charge in [0.15, 0.2) is 0 Å². The first-order valence-corrected chi connectivity index (χ1v) is 10.1. The van der Waals surface area contributed by atoms with Crippen LogP contribution in [0.2, 0.25) is 0 Å². The van der Waals surface area contributed by atoms with Gasteiger partial charge in [0.2, 0.25) is 10.0 Å². The van der Waals surface area contributed by atoms with Crippen molar-refractivity contribution in [2.75, 3.05) is 6.54 Å². The van der Waals surface area contributed by atoms with Crippen LogP contribution in [0.1, 0.15) is 39.8 Å². The Kier molecular flexibility index (Phi) is 6.22. The molecule has 0 aliphatic rings. The van der Waals surface area contributed by atoms with Gasteiger partial charge < -0.3 is 0 Å². The van der Waals surface area contributed by atoms with Gasteiger partial charge in [-0.05, 0) is 68.0 Å². The van der Waals surface area contributed by atoms with Gasteiger partial charge in [-0.25, -0.2) is 8.42 Å². The monoisotopic (exact) mass is 370 g/mol. The highest BCUT2D eigenvalue weighted by atomic mass is 32.2. The van der Waals surface area contributed by atoms with E-state index in [2.05, 4.69) is 6.07 Å². The molecule has 0 atom stereocenters. The van der Waals surface area contributed by atoms with Crippen LogP contribution in [-0.4, -0.2) is 19.3 Å². The molecular formula is C21H26N2O2S. The van der Waals surface area contributed by atoms with Crippen LogP contribution in [0.25, 0.3) is 0 Å². The Morgan fingerprint density at radius 1 is 0.885 bits per heavy atom. The molecule has 0 saturated heterocycles. The van der Waals surface area contributed by atoms with E-state index in [1.807, 2.05) is 65.0 Å². The molecular weight excluding hydrogens is 344 g/mol. The van der Waals surface area contributed by atoms with Crippen LogP contribution in [0, 0.1) is 45.9 Å². The number of nitrogens with zero attached hydrogens (tertiary/aromatic N) is 2. The molecule has 0 radical (unpaired) electrons. The lowest BCUT2D eigenvalue weighted by molar-refractivity contribution is 0.412. The molecule has 0 aliphatic heterocycles. The minimum absolute atomic E-state index is 0.161. The predicted octanol–water partition coefficient (Wildman–Crippen LogP) is 4.33. The van der Waals surface area contributed by atoms with Crippen molar-refractivity contribution in [3.8, 4) is 6.07 Å². The fraction of sp³-hybridized carbons (Fsp3) is 0.381. The average molecular weight is 371 g/mol. The van der Waals surface area contributed by atoms with Crippen molar-refractivity contribution < 1.29 is 8.42 Å². The van der Waals surface area contributed by atoms with Crippen molar-refractivity contribution in [2.45, 2.75) is 52.5 Å². The van der Waals surface area contributed by atoms with Crippen LogP contribution in [0.5, 0.6) is 0 Å². The van der Waals surface area contributed by atoms with Gasteiger partial charge in [-0.1, -0.05) is 30.3 Å². The van der Waals surface area contributed by atoms with Gasteiger partial charge in [-0.15, -0.1) is 0 Å². The Morgan fingerprint density at radius 3 is 1.88 bits per heavy atom. The first kappa shape index (κ1) is 20.2. The maximum atomic E-state index is 13.5. The molecule has 0 spiro atoms. The highest BCUT2D eigenvalue weighted by Gasteiger charge is 2.29. The van der Waals surface area contributed by atoms with E-state index in [1.54, 1.807) is 0 Å². The number of hydrogen-bond acceptors (Lipinski definition) is 3. The quantitative estimate of drug-likeness (QED) is 0.760. The van der Waals surface area contributed by atoms with Crippen LogP contribution in [-0.2, 0) is 16.6 Å². The average Bonchev–Trinajstić information content (AvgIpc) is 2.62. The zero-order chi connectivity index (χ0) is 19.5. The molecule has 4 nitrogen and oxygen atoms in total. The van der Waals surface area contributed by atoms with Gasteiger partial charge in [0.1, 0.15) is 0 Å². The topological polar surface area (TPSA) is 61.2 Å². The summed E-state index contributed by atoms with van der Waals surface area (Å²) in [5.74, 6) is 0. The van der Waals surface area contributed by atoms with Gasteiger partial charge in [0.25, 0.3) is 0 Å². The summed E-state index contributed by atoms with van der Waals surface area (Å²) in [6, 6.07) is 11.5. The Morgan fingerprint density at radius 2 is 1.38 bits per heavy atom. The molecule has 0 heterocycles. The van der Waals surface area contributed by atoms with E-state index in [0.717, 1.165) is 33.4 Å². The molecule has 138 valence electrons. The van der Waals surface area contributed by atoms with E-state index in [9.17, 15) is 8.42 Å². The first-order chi connectivity index (χ1) is 12.2. The fourth-order valence-electron chi connectivity index (χ4n) is 3.23. The van der Waals surface area contributed by atoms with E-state index in [-0.39, 0.29) is 19.5 Å². The third-order valence-electron chi connectivity index (χ3n) is 5.20. The number of nitriles is 1. The molecule has 2 aromatic carbocycles. The van der Waals surface area contributed by atoms with E-state index in [0.29, 0.717) is 4.90 Å². The second kappa shape index (κ2) is 8.03. The molecule has 0 saturated carbocycles. The molecule has 2 rings (SSSR count). The van der Waals surface area contributed by atoms with E-state index in [4.69, 9.17) is 5.26 Å². The van der Waals surface area contributed by atoms with Crippen LogP contribution in [0.4, 0.5) is 0 Å². The lowest BCUT2D eigenvalue weighted by Crippen LogP contribution is -2.33. The summed E-state index contributed by atoms with van der Waals surface area (Å²) >= 11 is 0. The summed E-state index contributed by atoms with van der Waals surface area (Å²) in [7, 11) is -3.71. The molecule has 0 unspecified atom stereocenters. The van der Waals surface area contributed by atoms with Crippen molar-refractivity contribution >= 4 is 10.0 Å². The molecule has 5 heteroatoms.